The Morgan fingerprint density at radius 1 is 1.08 bits per heavy atom. The minimum atomic E-state index is -3.97. The minimum absolute atomic E-state index is 0.0100. The van der Waals surface area contributed by atoms with Crippen LogP contribution >= 0.6 is 11.6 Å². The minimum Gasteiger partial charge on any atom is -0.486 e. The van der Waals surface area contributed by atoms with Crippen molar-refractivity contribution < 1.29 is 22.7 Å². The van der Waals surface area contributed by atoms with E-state index in [0.717, 1.165) is 5.56 Å². The first-order chi connectivity index (χ1) is 12.4. The van der Waals surface area contributed by atoms with Crippen LogP contribution in [0.1, 0.15) is 17.9 Å². The molecule has 0 bridgehead atoms. The number of amides is 1. The summed E-state index contributed by atoms with van der Waals surface area (Å²) in [6.45, 7) is 0.772. The molecule has 2 aromatic rings. The van der Waals surface area contributed by atoms with Crippen molar-refractivity contribution in [3.63, 3.8) is 0 Å². The summed E-state index contributed by atoms with van der Waals surface area (Å²) < 4.78 is 37.9. The molecule has 1 fully saturated rings. The van der Waals surface area contributed by atoms with Gasteiger partial charge in [-0.3, -0.25) is 4.79 Å². The molecule has 0 spiro atoms. The molecule has 1 N–H and O–H groups in total. The van der Waals surface area contributed by atoms with Crippen molar-refractivity contribution in [1.29, 1.82) is 0 Å². The third kappa shape index (κ3) is 3.37. The smallest absolute Gasteiger partial charge is 0.264 e. The van der Waals surface area contributed by atoms with Gasteiger partial charge in [0.25, 0.3) is 10.0 Å². The highest BCUT2D eigenvalue weighted by Gasteiger charge is 2.45. The molecule has 1 aliphatic heterocycles. The van der Waals surface area contributed by atoms with Crippen molar-refractivity contribution >= 4 is 27.5 Å². The fourth-order valence-corrected chi connectivity index (χ4v) is 4.29. The number of hydrogen-bond donors (Lipinski definition) is 1. The Morgan fingerprint density at radius 3 is 2.62 bits per heavy atom. The molecule has 1 aliphatic carbocycles. The molecule has 0 radical (unpaired) electrons. The van der Waals surface area contributed by atoms with Gasteiger partial charge in [0, 0.05) is 17.0 Å². The molecule has 2 aliphatic rings. The molecule has 8 heteroatoms. The van der Waals surface area contributed by atoms with Crippen LogP contribution in [0.5, 0.6) is 11.5 Å². The van der Waals surface area contributed by atoms with Gasteiger partial charge in [0.15, 0.2) is 11.5 Å². The van der Waals surface area contributed by atoms with E-state index in [2.05, 4.69) is 4.72 Å². The van der Waals surface area contributed by atoms with Crippen molar-refractivity contribution in [3.8, 4) is 11.5 Å². The number of ether oxygens (including phenoxy) is 2. The van der Waals surface area contributed by atoms with E-state index in [1.54, 1.807) is 12.1 Å². The Kier molecular flexibility index (Phi) is 4.28. The molecule has 6 nitrogen and oxygen atoms in total. The number of sulfonamides is 1. The first kappa shape index (κ1) is 17.2. The van der Waals surface area contributed by atoms with E-state index in [9.17, 15) is 13.2 Å². The zero-order valence-electron chi connectivity index (χ0n) is 13.6. The fourth-order valence-electron chi connectivity index (χ4n) is 3.05. The highest BCUT2D eigenvalue weighted by molar-refractivity contribution is 7.90. The molecule has 4 rings (SSSR count). The molecular formula is C18H16ClNO5S. The van der Waals surface area contributed by atoms with Gasteiger partial charge in [0.05, 0.1) is 4.90 Å². The van der Waals surface area contributed by atoms with E-state index in [0.29, 0.717) is 36.2 Å². The maximum atomic E-state index is 12.5. The quantitative estimate of drug-likeness (QED) is 0.863. The lowest BCUT2D eigenvalue weighted by Crippen LogP contribution is -2.32. The standard InChI is InChI=1S/C18H16ClNO5S/c19-12-3-1-2-11(8-12)14-10-15(14)18(21)20-26(22,23)13-4-5-16-17(9-13)25-7-6-24-16/h1-5,8-9,14-15H,6-7,10H2,(H,20,21)/t14-,15-/m1/s1. The Labute approximate surface area is 156 Å². The maximum absolute atomic E-state index is 12.5. The highest BCUT2D eigenvalue weighted by atomic mass is 35.5. The van der Waals surface area contributed by atoms with E-state index in [1.165, 1.54) is 18.2 Å². The summed E-state index contributed by atoms with van der Waals surface area (Å²) in [5, 5.41) is 0.595. The predicted octanol–water partition coefficient (Wildman–Crippen LogP) is 2.72. The van der Waals surface area contributed by atoms with E-state index in [-0.39, 0.29) is 16.7 Å². The summed E-state index contributed by atoms with van der Waals surface area (Å²) in [6.07, 6.45) is 0.600. The van der Waals surface area contributed by atoms with Gasteiger partial charge in [-0.2, -0.15) is 0 Å². The topological polar surface area (TPSA) is 81.7 Å². The van der Waals surface area contributed by atoms with Crippen LogP contribution in [0.2, 0.25) is 5.02 Å². The number of halogens is 1. The highest BCUT2D eigenvalue weighted by Crippen LogP contribution is 2.48. The van der Waals surface area contributed by atoms with E-state index in [1.807, 2.05) is 12.1 Å². The van der Waals surface area contributed by atoms with Gasteiger partial charge in [-0.25, -0.2) is 13.1 Å². The number of carbonyl (C=O) groups excluding carboxylic acids is 1. The molecule has 136 valence electrons. The fraction of sp³-hybridized carbons (Fsp3) is 0.278. The van der Waals surface area contributed by atoms with Crippen LogP contribution in [0.15, 0.2) is 47.4 Å². The number of fused-ring (bicyclic) bond motifs is 1. The van der Waals surface area contributed by atoms with Gasteiger partial charge >= 0.3 is 0 Å². The second-order valence-electron chi connectivity index (χ2n) is 6.28. The van der Waals surface area contributed by atoms with Gasteiger partial charge in [-0.15, -0.1) is 0 Å². The van der Waals surface area contributed by atoms with E-state index >= 15 is 0 Å². The first-order valence-corrected chi connectivity index (χ1v) is 10.0. The van der Waals surface area contributed by atoms with Crippen LogP contribution < -0.4 is 14.2 Å². The number of rotatable bonds is 4. The molecule has 26 heavy (non-hydrogen) atoms. The van der Waals surface area contributed by atoms with Crippen LogP contribution in [0.3, 0.4) is 0 Å². The third-order valence-corrected chi connectivity index (χ3v) is 6.04. The van der Waals surface area contributed by atoms with Crippen LogP contribution in [0.4, 0.5) is 0 Å². The normalized spacial score (nSPS) is 21.1. The van der Waals surface area contributed by atoms with Crippen molar-refractivity contribution in [2.45, 2.75) is 17.2 Å². The molecule has 1 heterocycles. The van der Waals surface area contributed by atoms with Crippen molar-refractivity contribution in [2.24, 2.45) is 5.92 Å². The molecule has 0 unspecified atom stereocenters. The summed E-state index contributed by atoms with van der Waals surface area (Å²) in [6, 6.07) is 11.6. The molecule has 1 saturated carbocycles. The number of nitrogens with one attached hydrogen (secondary N) is 1. The molecule has 0 saturated heterocycles. The summed E-state index contributed by atoms with van der Waals surface area (Å²) in [5.41, 5.74) is 0.939. The van der Waals surface area contributed by atoms with Crippen LogP contribution in [-0.4, -0.2) is 27.5 Å². The third-order valence-electron chi connectivity index (χ3n) is 4.46. The van der Waals surface area contributed by atoms with Crippen molar-refractivity contribution in [1.82, 2.24) is 4.72 Å². The molecule has 2 aromatic carbocycles. The summed E-state index contributed by atoms with van der Waals surface area (Å²) in [7, 11) is -3.97. The number of benzene rings is 2. The van der Waals surface area contributed by atoms with Gasteiger partial charge in [0.2, 0.25) is 5.91 Å². The Bertz CT molecular complexity index is 975. The Morgan fingerprint density at radius 2 is 1.85 bits per heavy atom. The first-order valence-electron chi connectivity index (χ1n) is 8.16. The largest absolute Gasteiger partial charge is 0.486 e. The zero-order chi connectivity index (χ0) is 18.3. The average molecular weight is 394 g/mol. The van der Waals surface area contributed by atoms with Gasteiger partial charge in [-0.1, -0.05) is 23.7 Å². The maximum Gasteiger partial charge on any atom is 0.264 e. The van der Waals surface area contributed by atoms with E-state index in [4.69, 9.17) is 21.1 Å². The van der Waals surface area contributed by atoms with Crippen LogP contribution in [0.25, 0.3) is 0 Å². The van der Waals surface area contributed by atoms with Crippen molar-refractivity contribution in [3.05, 3.63) is 53.1 Å². The average Bonchev–Trinajstić information content (AvgIpc) is 3.42. The van der Waals surface area contributed by atoms with Gasteiger partial charge in [0.1, 0.15) is 13.2 Å². The molecule has 1 amide bonds. The lowest BCUT2D eigenvalue weighted by molar-refractivity contribution is -0.120. The Balaban J connectivity index is 1.47. The van der Waals surface area contributed by atoms with Gasteiger partial charge in [-0.05, 0) is 42.2 Å². The number of carbonyl (C=O) groups is 1. The lowest BCUT2D eigenvalue weighted by Gasteiger charge is -2.18. The molecule has 0 aromatic heterocycles. The number of hydrogen-bond acceptors (Lipinski definition) is 5. The van der Waals surface area contributed by atoms with E-state index < -0.39 is 15.9 Å². The molecule has 2 atom stereocenters. The summed E-state index contributed by atoms with van der Waals surface area (Å²) in [5.74, 6) is -0.0472. The Hall–Kier alpha value is -2.25. The van der Waals surface area contributed by atoms with Gasteiger partial charge < -0.3 is 9.47 Å². The summed E-state index contributed by atoms with van der Waals surface area (Å²) >= 11 is 5.97. The van der Waals surface area contributed by atoms with Crippen LogP contribution in [0, 0.1) is 5.92 Å². The summed E-state index contributed by atoms with van der Waals surface area (Å²) in [4.78, 5) is 12.3. The van der Waals surface area contributed by atoms with Crippen LogP contribution in [-0.2, 0) is 14.8 Å². The SMILES string of the molecule is O=C(NS(=O)(=O)c1ccc2c(c1)OCCO2)[C@@H]1C[C@@H]1c1cccc(Cl)c1. The monoisotopic (exact) mass is 393 g/mol. The zero-order valence-corrected chi connectivity index (χ0v) is 15.2. The predicted molar refractivity (Wildman–Crippen MR) is 95.1 cm³/mol. The molecular weight excluding hydrogens is 378 g/mol. The lowest BCUT2D eigenvalue weighted by atomic mass is 10.1. The van der Waals surface area contributed by atoms with Crippen molar-refractivity contribution in [2.75, 3.05) is 13.2 Å². The second kappa shape index (κ2) is 6.48. The second-order valence-corrected chi connectivity index (χ2v) is 8.40.